The van der Waals surface area contributed by atoms with Gasteiger partial charge in [0, 0.05) is 4.90 Å². The Labute approximate surface area is 253 Å². The van der Waals surface area contributed by atoms with Gasteiger partial charge in [-0.1, -0.05) is 127 Å². The van der Waals surface area contributed by atoms with Gasteiger partial charge in [-0.2, -0.15) is 0 Å². The third-order valence-corrected chi connectivity index (χ3v) is 8.11. The smallest absolute Gasteiger partial charge is 0.137 e. The molecule has 0 spiro atoms. The van der Waals surface area contributed by atoms with Crippen molar-refractivity contribution in [3.05, 3.63) is 151 Å². The molecule has 1 aliphatic rings. The Balaban J connectivity index is 1.42. The SMILES string of the molecule is C=CCO[C@H]1[C@@H](OCc2ccccc2)[C@H](COCc2ccccc2)O[C@@H](Sc2ccccc2)[C@H]1OCc1ccccc1. The van der Waals surface area contributed by atoms with E-state index in [1.807, 2.05) is 72.8 Å². The van der Waals surface area contributed by atoms with Crippen molar-refractivity contribution in [3.63, 3.8) is 0 Å². The number of hydrogen-bond acceptors (Lipinski definition) is 6. The maximum Gasteiger partial charge on any atom is 0.137 e. The highest BCUT2D eigenvalue weighted by atomic mass is 32.2. The molecule has 0 unspecified atom stereocenters. The lowest BCUT2D eigenvalue weighted by molar-refractivity contribution is -0.250. The predicted octanol–water partition coefficient (Wildman–Crippen LogP) is 7.46. The van der Waals surface area contributed by atoms with E-state index in [0.717, 1.165) is 21.6 Å². The first kappa shape index (κ1) is 30.2. The van der Waals surface area contributed by atoms with Crippen LogP contribution in [0.5, 0.6) is 0 Å². The average molecular weight is 583 g/mol. The Morgan fingerprint density at radius 1 is 0.595 bits per heavy atom. The first-order chi connectivity index (χ1) is 20.8. The number of thioether (sulfide) groups is 1. The van der Waals surface area contributed by atoms with E-state index in [0.29, 0.717) is 33.0 Å². The van der Waals surface area contributed by atoms with Crippen LogP contribution in [0, 0.1) is 0 Å². The fraction of sp³-hybridized carbons (Fsp3) is 0.278. The van der Waals surface area contributed by atoms with Gasteiger partial charge in [-0.3, -0.25) is 0 Å². The molecule has 5 atom stereocenters. The molecule has 5 nitrogen and oxygen atoms in total. The van der Waals surface area contributed by atoms with Crippen molar-refractivity contribution in [2.75, 3.05) is 13.2 Å². The summed E-state index contributed by atoms with van der Waals surface area (Å²) in [6.07, 6.45) is 0.106. The molecule has 1 heterocycles. The van der Waals surface area contributed by atoms with Crippen LogP contribution < -0.4 is 0 Å². The lowest BCUT2D eigenvalue weighted by Gasteiger charge is -2.46. The summed E-state index contributed by atoms with van der Waals surface area (Å²) in [6, 6.07) is 40.7. The van der Waals surface area contributed by atoms with Gasteiger partial charge in [-0.25, -0.2) is 0 Å². The Morgan fingerprint density at radius 3 is 1.64 bits per heavy atom. The van der Waals surface area contributed by atoms with Crippen LogP contribution in [0.3, 0.4) is 0 Å². The summed E-state index contributed by atoms with van der Waals surface area (Å²) in [5, 5.41) is 0. The summed E-state index contributed by atoms with van der Waals surface area (Å²) in [4.78, 5) is 1.09. The summed E-state index contributed by atoms with van der Waals surface area (Å²) < 4.78 is 32.8. The molecular weight excluding hydrogens is 544 g/mol. The lowest BCUT2D eigenvalue weighted by atomic mass is 9.99. The lowest BCUT2D eigenvalue weighted by Crippen LogP contribution is -2.60. The summed E-state index contributed by atoms with van der Waals surface area (Å²) in [5.74, 6) is 0. The second-order valence-corrected chi connectivity index (χ2v) is 11.3. The maximum absolute atomic E-state index is 6.82. The van der Waals surface area contributed by atoms with Gasteiger partial charge in [0.2, 0.25) is 0 Å². The van der Waals surface area contributed by atoms with Crippen LogP contribution >= 0.6 is 11.8 Å². The molecule has 0 aromatic heterocycles. The molecular formula is C36H38O5S. The van der Waals surface area contributed by atoms with Crippen LogP contribution in [-0.4, -0.2) is 43.1 Å². The molecule has 218 valence electrons. The zero-order valence-corrected chi connectivity index (χ0v) is 24.5. The third kappa shape index (κ3) is 8.88. The van der Waals surface area contributed by atoms with Gasteiger partial charge < -0.3 is 23.7 Å². The van der Waals surface area contributed by atoms with E-state index < -0.39 is 18.3 Å². The van der Waals surface area contributed by atoms with E-state index in [2.05, 4.69) is 55.1 Å². The fourth-order valence-electron chi connectivity index (χ4n) is 4.89. The van der Waals surface area contributed by atoms with Crippen molar-refractivity contribution in [1.29, 1.82) is 0 Å². The number of rotatable bonds is 15. The van der Waals surface area contributed by atoms with Crippen molar-refractivity contribution < 1.29 is 23.7 Å². The highest BCUT2D eigenvalue weighted by Gasteiger charge is 2.48. The van der Waals surface area contributed by atoms with E-state index in [9.17, 15) is 0 Å². The van der Waals surface area contributed by atoms with Gasteiger partial charge in [0.15, 0.2) is 0 Å². The first-order valence-electron chi connectivity index (χ1n) is 14.3. The average Bonchev–Trinajstić information content (AvgIpc) is 3.04. The molecule has 0 bridgehead atoms. The van der Waals surface area contributed by atoms with E-state index in [1.165, 1.54) is 0 Å². The summed E-state index contributed by atoms with van der Waals surface area (Å²) >= 11 is 1.63. The summed E-state index contributed by atoms with van der Waals surface area (Å²) in [5.41, 5.74) is 2.91. The van der Waals surface area contributed by atoms with Gasteiger partial charge in [-0.15, -0.1) is 6.58 Å². The van der Waals surface area contributed by atoms with Crippen molar-refractivity contribution in [3.8, 4) is 0 Å². The van der Waals surface area contributed by atoms with Crippen LogP contribution in [0.15, 0.2) is 139 Å². The number of benzene rings is 4. The molecule has 42 heavy (non-hydrogen) atoms. The zero-order valence-electron chi connectivity index (χ0n) is 23.7. The van der Waals surface area contributed by atoms with Crippen molar-refractivity contribution in [1.82, 2.24) is 0 Å². The second-order valence-electron chi connectivity index (χ2n) is 10.1. The molecule has 0 saturated carbocycles. The second kappa shape index (κ2) is 16.4. The van der Waals surface area contributed by atoms with Crippen LogP contribution in [0.4, 0.5) is 0 Å². The minimum atomic E-state index is -0.436. The molecule has 1 aliphatic heterocycles. The van der Waals surface area contributed by atoms with Gasteiger partial charge >= 0.3 is 0 Å². The van der Waals surface area contributed by atoms with Crippen molar-refractivity contribution in [2.45, 2.75) is 54.6 Å². The fourth-order valence-corrected chi connectivity index (χ4v) is 6.04. The molecule has 5 rings (SSSR count). The highest BCUT2D eigenvalue weighted by Crippen LogP contribution is 2.38. The van der Waals surface area contributed by atoms with Crippen LogP contribution in [0.2, 0.25) is 0 Å². The van der Waals surface area contributed by atoms with Crippen LogP contribution in [0.25, 0.3) is 0 Å². The Morgan fingerprint density at radius 2 is 1.10 bits per heavy atom. The monoisotopic (exact) mass is 582 g/mol. The quantitative estimate of drug-likeness (QED) is 0.136. The summed E-state index contributed by atoms with van der Waals surface area (Å²) in [7, 11) is 0. The van der Waals surface area contributed by atoms with E-state index in [4.69, 9.17) is 23.7 Å². The number of ether oxygens (including phenoxy) is 5. The van der Waals surface area contributed by atoms with Gasteiger partial charge in [-0.05, 0) is 28.8 Å². The summed E-state index contributed by atoms with van der Waals surface area (Å²) in [6.45, 7) is 5.94. The largest absolute Gasteiger partial charge is 0.374 e. The topological polar surface area (TPSA) is 46.2 Å². The molecule has 4 aromatic carbocycles. The minimum Gasteiger partial charge on any atom is -0.374 e. The van der Waals surface area contributed by atoms with E-state index in [1.54, 1.807) is 17.8 Å². The van der Waals surface area contributed by atoms with Crippen LogP contribution in [-0.2, 0) is 43.5 Å². The third-order valence-electron chi connectivity index (χ3n) is 6.96. The molecule has 0 N–H and O–H groups in total. The van der Waals surface area contributed by atoms with Gasteiger partial charge in [0.1, 0.15) is 29.9 Å². The maximum atomic E-state index is 6.82. The van der Waals surface area contributed by atoms with Crippen molar-refractivity contribution >= 4 is 11.8 Å². The minimum absolute atomic E-state index is 0.347. The molecule has 1 fully saturated rings. The molecule has 1 saturated heterocycles. The van der Waals surface area contributed by atoms with Gasteiger partial charge in [0.25, 0.3) is 0 Å². The molecule has 4 aromatic rings. The normalized spacial score (nSPS) is 22.0. The molecule has 0 aliphatic carbocycles. The van der Waals surface area contributed by atoms with Gasteiger partial charge in [0.05, 0.1) is 33.0 Å². The van der Waals surface area contributed by atoms with Crippen molar-refractivity contribution in [2.24, 2.45) is 0 Å². The van der Waals surface area contributed by atoms with E-state index >= 15 is 0 Å². The Hall–Kier alpha value is -3.23. The highest BCUT2D eigenvalue weighted by molar-refractivity contribution is 7.99. The van der Waals surface area contributed by atoms with E-state index in [-0.39, 0.29) is 11.5 Å². The molecule has 0 radical (unpaired) electrons. The molecule has 6 heteroatoms. The molecule has 0 amide bonds. The van der Waals surface area contributed by atoms with Crippen LogP contribution in [0.1, 0.15) is 16.7 Å². The Kier molecular flexibility index (Phi) is 11.8. The number of hydrogen-bond donors (Lipinski definition) is 0. The predicted molar refractivity (Wildman–Crippen MR) is 167 cm³/mol. The Bertz CT molecular complexity index is 1310. The zero-order chi connectivity index (χ0) is 28.8. The first-order valence-corrected chi connectivity index (χ1v) is 15.2. The standard InChI is InChI=1S/C36H38O5S/c1-2-23-38-34-33(39-25-29-17-9-4-10-18-29)32(27-37-24-28-15-7-3-8-16-28)41-36(42-31-21-13-6-14-22-31)35(34)40-26-30-19-11-5-12-20-30/h2-22,32-36H,1,23-27H2/t32-,33-,34-,35-,36-/m0/s1.